The minimum absolute atomic E-state index is 0.0802. The van der Waals surface area contributed by atoms with Crippen LogP contribution in [0.1, 0.15) is 11.1 Å². The molecule has 4 nitrogen and oxygen atoms in total. The summed E-state index contributed by atoms with van der Waals surface area (Å²) in [6.07, 6.45) is 0. The Morgan fingerprint density at radius 1 is 1.56 bits per heavy atom. The molecular weight excluding hydrogens is 250 g/mol. The van der Waals surface area contributed by atoms with Crippen molar-refractivity contribution in [2.24, 2.45) is 0 Å². The van der Waals surface area contributed by atoms with Gasteiger partial charge in [-0.05, 0) is 17.7 Å². The van der Waals surface area contributed by atoms with Crippen LogP contribution in [0.2, 0.25) is 5.02 Å². The van der Waals surface area contributed by atoms with Gasteiger partial charge in [0, 0.05) is 15.8 Å². The Morgan fingerprint density at radius 3 is 2.75 bits per heavy atom. The summed E-state index contributed by atoms with van der Waals surface area (Å²) >= 11 is 5.86. The van der Waals surface area contributed by atoms with Crippen LogP contribution in [0.4, 0.5) is 0 Å². The Balaban J connectivity index is 2.79. The molecular formula is C10H8ClNO3S. The zero-order chi connectivity index (χ0) is 12.1. The second kappa shape index (κ2) is 5.64. The van der Waals surface area contributed by atoms with Crippen molar-refractivity contribution in [1.29, 1.82) is 5.26 Å². The fraction of sp³-hybridized carbons (Fsp3) is 0.200. The number of aliphatic carboxylic acids is 1. The van der Waals surface area contributed by atoms with E-state index >= 15 is 0 Å². The molecule has 0 fully saturated rings. The number of nitriles is 1. The maximum Gasteiger partial charge on any atom is 0.316 e. The van der Waals surface area contributed by atoms with E-state index in [0.29, 0.717) is 16.1 Å². The summed E-state index contributed by atoms with van der Waals surface area (Å²) in [6.45, 7) is 0. The first-order valence-electron chi connectivity index (χ1n) is 4.28. The van der Waals surface area contributed by atoms with Crippen LogP contribution < -0.4 is 0 Å². The molecule has 1 atom stereocenters. The molecule has 1 aromatic carbocycles. The molecule has 1 aromatic rings. The molecule has 0 radical (unpaired) electrons. The zero-order valence-electron chi connectivity index (χ0n) is 8.14. The van der Waals surface area contributed by atoms with Gasteiger partial charge >= 0.3 is 5.97 Å². The molecule has 0 aliphatic rings. The zero-order valence-corrected chi connectivity index (χ0v) is 9.72. The van der Waals surface area contributed by atoms with E-state index in [1.54, 1.807) is 12.1 Å². The van der Waals surface area contributed by atoms with E-state index in [1.165, 1.54) is 6.07 Å². The van der Waals surface area contributed by atoms with Crippen molar-refractivity contribution in [3.63, 3.8) is 0 Å². The van der Waals surface area contributed by atoms with Crippen LogP contribution in [0.5, 0.6) is 0 Å². The van der Waals surface area contributed by atoms with E-state index in [0.717, 1.165) is 0 Å². The lowest BCUT2D eigenvalue weighted by molar-refractivity contribution is -0.133. The highest BCUT2D eigenvalue weighted by Gasteiger charge is 2.09. The van der Waals surface area contributed by atoms with Gasteiger partial charge in [-0.1, -0.05) is 17.7 Å². The third-order valence-corrected chi connectivity index (χ3v) is 3.34. The Morgan fingerprint density at radius 2 is 2.25 bits per heavy atom. The first-order chi connectivity index (χ1) is 7.52. The highest BCUT2D eigenvalue weighted by atomic mass is 35.5. The molecule has 0 heterocycles. The third-order valence-electron chi connectivity index (χ3n) is 1.78. The number of benzene rings is 1. The first-order valence-corrected chi connectivity index (χ1v) is 6.15. The molecule has 1 rings (SSSR count). The third kappa shape index (κ3) is 3.65. The lowest BCUT2D eigenvalue weighted by Gasteiger charge is -2.03. The SMILES string of the molecule is N#Cc1ccc(CS(=O)CC(=O)O)c(Cl)c1. The molecule has 0 bridgehead atoms. The van der Waals surface area contributed by atoms with Gasteiger partial charge in [0.15, 0.2) is 0 Å². The summed E-state index contributed by atoms with van der Waals surface area (Å²) in [6, 6.07) is 6.53. The quantitative estimate of drug-likeness (QED) is 0.888. The normalized spacial score (nSPS) is 11.8. The van der Waals surface area contributed by atoms with Gasteiger partial charge in [0.05, 0.1) is 17.4 Å². The Hall–Kier alpha value is -1.38. The van der Waals surface area contributed by atoms with E-state index in [4.69, 9.17) is 22.0 Å². The predicted octanol–water partition coefficient (Wildman–Crippen LogP) is 1.54. The fourth-order valence-corrected chi connectivity index (χ4v) is 2.40. The molecule has 1 unspecified atom stereocenters. The molecule has 0 amide bonds. The topological polar surface area (TPSA) is 78.2 Å². The monoisotopic (exact) mass is 257 g/mol. The molecule has 1 N–H and O–H groups in total. The van der Waals surface area contributed by atoms with Crippen molar-refractivity contribution in [1.82, 2.24) is 0 Å². The Labute approximate surface area is 99.9 Å². The van der Waals surface area contributed by atoms with E-state index in [1.807, 2.05) is 6.07 Å². The summed E-state index contributed by atoms with van der Waals surface area (Å²) in [4.78, 5) is 10.3. The Bertz CT molecular complexity index is 481. The van der Waals surface area contributed by atoms with Crippen molar-refractivity contribution in [3.8, 4) is 6.07 Å². The summed E-state index contributed by atoms with van der Waals surface area (Å²) in [7, 11) is -1.49. The number of nitrogens with zero attached hydrogens (tertiary/aromatic N) is 1. The molecule has 0 aromatic heterocycles. The van der Waals surface area contributed by atoms with Gasteiger partial charge in [-0.15, -0.1) is 0 Å². The van der Waals surface area contributed by atoms with Crippen LogP contribution in [0.3, 0.4) is 0 Å². The van der Waals surface area contributed by atoms with Gasteiger partial charge in [0.2, 0.25) is 0 Å². The number of rotatable bonds is 4. The molecule has 6 heteroatoms. The van der Waals surface area contributed by atoms with Crippen LogP contribution in [-0.4, -0.2) is 21.0 Å². The molecule has 0 saturated carbocycles. The van der Waals surface area contributed by atoms with Crippen LogP contribution in [0.25, 0.3) is 0 Å². The largest absolute Gasteiger partial charge is 0.481 e. The molecule has 16 heavy (non-hydrogen) atoms. The van der Waals surface area contributed by atoms with Gasteiger partial charge < -0.3 is 5.11 Å². The maximum atomic E-state index is 11.3. The van der Waals surface area contributed by atoms with E-state index in [2.05, 4.69) is 0 Å². The standard InChI is InChI=1S/C10H8ClNO3S/c11-9-3-7(4-12)1-2-8(9)5-16(15)6-10(13)14/h1-3H,5-6H2,(H,13,14). The number of hydrogen-bond donors (Lipinski definition) is 1. The average Bonchev–Trinajstić information content (AvgIpc) is 2.19. The smallest absolute Gasteiger partial charge is 0.316 e. The average molecular weight is 258 g/mol. The van der Waals surface area contributed by atoms with Gasteiger partial charge in [0.25, 0.3) is 0 Å². The molecule has 0 spiro atoms. The van der Waals surface area contributed by atoms with Crippen molar-refractivity contribution in [2.45, 2.75) is 5.75 Å². The first kappa shape index (κ1) is 12.7. The second-order valence-electron chi connectivity index (χ2n) is 3.04. The number of halogens is 1. The van der Waals surface area contributed by atoms with Crippen molar-refractivity contribution < 1.29 is 14.1 Å². The van der Waals surface area contributed by atoms with Gasteiger partial charge in [-0.25, -0.2) is 0 Å². The van der Waals surface area contributed by atoms with Gasteiger partial charge in [0.1, 0.15) is 5.75 Å². The van der Waals surface area contributed by atoms with E-state index < -0.39 is 22.5 Å². The second-order valence-corrected chi connectivity index (χ2v) is 4.90. The molecule has 0 aliphatic carbocycles. The van der Waals surface area contributed by atoms with Crippen LogP contribution in [0.15, 0.2) is 18.2 Å². The summed E-state index contributed by atoms with van der Waals surface area (Å²) in [5.41, 5.74) is 0.998. The van der Waals surface area contributed by atoms with Crippen LogP contribution in [0, 0.1) is 11.3 Å². The fourth-order valence-electron chi connectivity index (χ4n) is 1.10. The van der Waals surface area contributed by atoms with Gasteiger partial charge in [-0.2, -0.15) is 5.26 Å². The summed E-state index contributed by atoms with van der Waals surface area (Å²) < 4.78 is 11.3. The van der Waals surface area contributed by atoms with E-state index in [9.17, 15) is 9.00 Å². The lowest BCUT2D eigenvalue weighted by Crippen LogP contribution is -2.10. The summed E-state index contributed by atoms with van der Waals surface area (Å²) in [5, 5.41) is 17.4. The van der Waals surface area contributed by atoms with Crippen LogP contribution >= 0.6 is 11.6 Å². The highest BCUT2D eigenvalue weighted by Crippen LogP contribution is 2.19. The minimum atomic E-state index is -1.49. The summed E-state index contributed by atoms with van der Waals surface area (Å²) in [5.74, 6) is -1.43. The maximum absolute atomic E-state index is 11.3. The van der Waals surface area contributed by atoms with Crippen LogP contribution in [-0.2, 0) is 21.3 Å². The predicted molar refractivity (Wildman–Crippen MR) is 60.5 cm³/mol. The van der Waals surface area contributed by atoms with Crippen molar-refractivity contribution in [3.05, 3.63) is 34.3 Å². The van der Waals surface area contributed by atoms with E-state index in [-0.39, 0.29) is 5.75 Å². The van der Waals surface area contributed by atoms with Gasteiger partial charge in [-0.3, -0.25) is 9.00 Å². The number of carbonyl (C=O) groups is 1. The number of hydrogen-bond acceptors (Lipinski definition) is 3. The minimum Gasteiger partial charge on any atom is -0.481 e. The highest BCUT2D eigenvalue weighted by molar-refractivity contribution is 7.84. The molecule has 0 aliphatic heterocycles. The molecule has 84 valence electrons. The Kier molecular flexibility index (Phi) is 4.47. The van der Waals surface area contributed by atoms with Crippen molar-refractivity contribution in [2.75, 3.05) is 5.75 Å². The number of carboxylic acid groups (broad SMARTS) is 1. The van der Waals surface area contributed by atoms with Crippen molar-refractivity contribution >= 4 is 28.4 Å². The molecule has 0 saturated heterocycles. The lowest BCUT2D eigenvalue weighted by atomic mass is 10.2. The number of carboxylic acids is 1.